The summed E-state index contributed by atoms with van der Waals surface area (Å²) in [6.45, 7) is 3.87. The van der Waals surface area contributed by atoms with Crippen molar-refractivity contribution >= 4 is 78.6 Å². The first kappa shape index (κ1) is 19.8. The number of thiocarbonyl (C=S) groups is 1. The number of nitrogens with one attached hydrogen (secondary N) is 2. The highest BCUT2D eigenvalue weighted by atomic mass is 35.5. The van der Waals surface area contributed by atoms with Crippen molar-refractivity contribution < 1.29 is 14.3 Å². The molecule has 140 valence electrons. The van der Waals surface area contributed by atoms with Crippen LogP contribution in [0.25, 0.3) is 10.1 Å². The van der Waals surface area contributed by atoms with E-state index >= 15 is 0 Å². The highest BCUT2D eigenvalue weighted by Gasteiger charge is 2.19. The second-order valence-corrected chi connectivity index (χ2v) is 8.38. The molecule has 3 rings (SSSR count). The molecule has 1 amide bonds. The fourth-order valence-corrected chi connectivity index (χ4v) is 5.06. The summed E-state index contributed by atoms with van der Waals surface area (Å²) in [5, 5.41) is 7.57. The number of anilines is 1. The average Bonchev–Trinajstić information content (AvgIpc) is 3.15. The van der Waals surface area contributed by atoms with Gasteiger partial charge in [-0.25, -0.2) is 4.79 Å². The van der Waals surface area contributed by atoms with Gasteiger partial charge in [0.25, 0.3) is 5.91 Å². The van der Waals surface area contributed by atoms with Crippen LogP contribution in [-0.4, -0.2) is 23.6 Å². The monoisotopic (exact) mass is 438 g/mol. The van der Waals surface area contributed by atoms with Gasteiger partial charge in [0.2, 0.25) is 0 Å². The molecule has 0 saturated carbocycles. The second kappa shape index (κ2) is 8.35. The lowest BCUT2D eigenvalue weighted by Gasteiger charge is -2.07. The third-order valence-corrected chi connectivity index (χ3v) is 6.59. The summed E-state index contributed by atoms with van der Waals surface area (Å²) in [5.74, 6) is -0.752. The number of benzene rings is 1. The Kier molecular flexibility index (Phi) is 6.11. The van der Waals surface area contributed by atoms with E-state index in [0.29, 0.717) is 26.4 Å². The van der Waals surface area contributed by atoms with Gasteiger partial charge in [0.15, 0.2) is 5.11 Å². The van der Waals surface area contributed by atoms with Gasteiger partial charge in [0, 0.05) is 10.1 Å². The normalized spacial score (nSPS) is 10.6. The van der Waals surface area contributed by atoms with Crippen LogP contribution in [0.3, 0.4) is 0 Å². The number of aryl methyl sites for hydroxylation is 1. The molecule has 2 heterocycles. The predicted molar refractivity (Wildman–Crippen MR) is 116 cm³/mol. The number of carbonyl (C=O) groups is 2. The number of fused-ring (bicyclic) bond motifs is 1. The van der Waals surface area contributed by atoms with Gasteiger partial charge in [0.05, 0.1) is 16.6 Å². The van der Waals surface area contributed by atoms with Crippen LogP contribution in [0.5, 0.6) is 0 Å². The molecule has 9 heteroatoms. The molecule has 2 N–H and O–H groups in total. The third kappa shape index (κ3) is 4.30. The quantitative estimate of drug-likeness (QED) is 0.431. The van der Waals surface area contributed by atoms with Gasteiger partial charge < -0.3 is 10.1 Å². The van der Waals surface area contributed by atoms with Crippen molar-refractivity contribution in [1.29, 1.82) is 0 Å². The van der Waals surface area contributed by atoms with Crippen LogP contribution in [0, 0.1) is 6.92 Å². The number of esters is 1. The minimum atomic E-state index is -0.377. The van der Waals surface area contributed by atoms with E-state index in [1.807, 2.05) is 31.2 Å². The van der Waals surface area contributed by atoms with Crippen molar-refractivity contribution in [3.05, 3.63) is 50.7 Å². The zero-order valence-corrected chi connectivity index (χ0v) is 17.6. The zero-order chi connectivity index (χ0) is 19.6. The largest absolute Gasteiger partial charge is 0.462 e. The molecule has 2 aromatic heterocycles. The Morgan fingerprint density at radius 3 is 2.67 bits per heavy atom. The number of amides is 1. The van der Waals surface area contributed by atoms with Crippen LogP contribution in [0.2, 0.25) is 5.02 Å². The molecular formula is C18H15ClN2O3S3. The van der Waals surface area contributed by atoms with Crippen LogP contribution in [0.4, 0.5) is 5.00 Å². The van der Waals surface area contributed by atoms with E-state index in [1.165, 1.54) is 22.7 Å². The van der Waals surface area contributed by atoms with Gasteiger partial charge in [-0.05, 0) is 43.8 Å². The lowest BCUT2D eigenvalue weighted by molar-refractivity contribution is 0.0531. The summed E-state index contributed by atoms with van der Waals surface area (Å²) in [4.78, 5) is 25.3. The minimum absolute atomic E-state index is 0.130. The fraction of sp³-hybridized carbons (Fsp3) is 0.167. The molecule has 0 atom stereocenters. The fourth-order valence-electron chi connectivity index (χ4n) is 2.41. The van der Waals surface area contributed by atoms with E-state index < -0.39 is 0 Å². The van der Waals surface area contributed by atoms with Crippen molar-refractivity contribution in [1.82, 2.24) is 5.32 Å². The Morgan fingerprint density at radius 1 is 1.22 bits per heavy atom. The van der Waals surface area contributed by atoms with Crippen molar-refractivity contribution in [3.8, 4) is 0 Å². The number of hydrogen-bond acceptors (Lipinski definition) is 6. The van der Waals surface area contributed by atoms with Gasteiger partial charge in [0.1, 0.15) is 9.75 Å². The van der Waals surface area contributed by atoms with Crippen LogP contribution < -0.4 is 10.6 Å². The van der Waals surface area contributed by atoms with Crippen LogP contribution in [0.1, 0.15) is 31.8 Å². The van der Waals surface area contributed by atoms with Crippen molar-refractivity contribution in [2.24, 2.45) is 0 Å². The van der Waals surface area contributed by atoms with Crippen LogP contribution in [-0.2, 0) is 4.74 Å². The molecule has 5 nitrogen and oxygen atoms in total. The van der Waals surface area contributed by atoms with E-state index in [4.69, 9.17) is 28.6 Å². The van der Waals surface area contributed by atoms with Gasteiger partial charge in [-0.15, -0.1) is 22.7 Å². The zero-order valence-electron chi connectivity index (χ0n) is 14.4. The number of rotatable bonds is 4. The highest BCUT2D eigenvalue weighted by molar-refractivity contribution is 7.80. The lowest BCUT2D eigenvalue weighted by atomic mass is 10.2. The van der Waals surface area contributed by atoms with E-state index in [-0.39, 0.29) is 17.0 Å². The average molecular weight is 439 g/mol. The van der Waals surface area contributed by atoms with Gasteiger partial charge in [-0.3, -0.25) is 10.1 Å². The van der Waals surface area contributed by atoms with Gasteiger partial charge in [-0.2, -0.15) is 0 Å². The molecule has 0 saturated heterocycles. The Hall–Kier alpha value is -2.00. The first-order chi connectivity index (χ1) is 12.9. The smallest absolute Gasteiger partial charge is 0.348 e. The van der Waals surface area contributed by atoms with Crippen molar-refractivity contribution in [2.75, 3.05) is 11.9 Å². The maximum Gasteiger partial charge on any atom is 0.348 e. The molecule has 0 unspecified atom stereocenters. The SMILES string of the molecule is CCOC(=O)c1sc(NC(=S)NC(=O)c2sc3ccccc3c2Cl)cc1C. The Balaban J connectivity index is 1.70. The number of halogens is 1. The summed E-state index contributed by atoms with van der Waals surface area (Å²) < 4.78 is 5.95. The van der Waals surface area contributed by atoms with Crippen LogP contribution >= 0.6 is 46.5 Å². The topological polar surface area (TPSA) is 67.4 Å². The van der Waals surface area contributed by atoms with E-state index in [0.717, 1.165) is 15.6 Å². The summed E-state index contributed by atoms with van der Waals surface area (Å²) >= 11 is 14.1. The number of thiophene rings is 2. The maximum atomic E-state index is 12.5. The summed E-state index contributed by atoms with van der Waals surface area (Å²) in [6, 6.07) is 9.32. The molecular weight excluding hydrogens is 424 g/mol. The maximum absolute atomic E-state index is 12.5. The number of hydrogen-bond donors (Lipinski definition) is 2. The molecule has 1 aromatic carbocycles. The Morgan fingerprint density at radius 2 is 1.96 bits per heavy atom. The van der Waals surface area contributed by atoms with E-state index in [2.05, 4.69) is 10.6 Å². The summed E-state index contributed by atoms with van der Waals surface area (Å²) in [7, 11) is 0. The summed E-state index contributed by atoms with van der Waals surface area (Å²) in [6.07, 6.45) is 0. The Labute approximate surface area is 174 Å². The lowest BCUT2D eigenvalue weighted by Crippen LogP contribution is -2.33. The highest BCUT2D eigenvalue weighted by Crippen LogP contribution is 2.35. The third-order valence-electron chi connectivity index (χ3n) is 3.58. The molecule has 0 aliphatic rings. The standard InChI is InChI=1S/C18H15ClN2O3S3/c1-3-24-17(23)14-9(2)8-12(27-14)20-18(25)21-16(22)15-13(19)10-6-4-5-7-11(10)26-15/h4-8H,3H2,1-2H3,(H2,20,21,22,25). The van der Waals surface area contributed by atoms with Gasteiger partial charge >= 0.3 is 5.97 Å². The minimum Gasteiger partial charge on any atom is -0.462 e. The molecule has 0 aliphatic heterocycles. The molecule has 0 bridgehead atoms. The number of ether oxygens (including phenoxy) is 1. The van der Waals surface area contributed by atoms with Crippen molar-refractivity contribution in [3.63, 3.8) is 0 Å². The molecule has 0 radical (unpaired) electrons. The first-order valence-corrected chi connectivity index (χ1v) is 10.4. The molecule has 0 fully saturated rings. The number of carbonyl (C=O) groups excluding carboxylic acids is 2. The van der Waals surface area contributed by atoms with Gasteiger partial charge in [-0.1, -0.05) is 29.8 Å². The molecule has 0 spiro atoms. The predicted octanol–water partition coefficient (Wildman–Crippen LogP) is 5.23. The second-order valence-electron chi connectivity index (χ2n) is 5.49. The molecule has 3 aromatic rings. The first-order valence-electron chi connectivity index (χ1n) is 7.97. The van der Waals surface area contributed by atoms with E-state index in [9.17, 15) is 9.59 Å². The Bertz CT molecular complexity index is 1040. The molecule has 27 heavy (non-hydrogen) atoms. The van der Waals surface area contributed by atoms with Crippen LogP contribution in [0.15, 0.2) is 30.3 Å². The summed E-state index contributed by atoms with van der Waals surface area (Å²) in [5.41, 5.74) is 0.780. The van der Waals surface area contributed by atoms with Crippen molar-refractivity contribution in [2.45, 2.75) is 13.8 Å². The molecule has 0 aliphatic carbocycles. The van der Waals surface area contributed by atoms with E-state index in [1.54, 1.807) is 13.0 Å².